The van der Waals surface area contributed by atoms with E-state index in [-0.39, 0.29) is 0 Å². The molecule has 0 radical (unpaired) electrons. The molecule has 3 rings (SSSR count). The fraction of sp³-hybridized carbons (Fsp3) is 0.214. The maximum Gasteiger partial charge on any atom is 0.134 e. The van der Waals surface area contributed by atoms with Gasteiger partial charge in [0.05, 0.1) is 11.0 Å². The van der Waals surface area contributed by atoms with Gasteiger partial charge in [-0.3, -0.25) is 0 Å². The maximum atomic E-state index is 5.52. The molecule has 2 heterocycles. The molecular formula is C14H16N6. The van der Waals surface area contributed by atoms with Crippen molar-refractivity contribution in [1.29, 1.82) is 0 Å². The van der Waals surface area contributed by atoms with Crippen molar-refractivity contribution in [3.8, 4) is 0 Å². The number of nitrogens with two attached hydrogens (primary N) is 1. The highest BCUT2D eigenvalue weighted by Gasteiger charge is 2.03. The summed E-state index contributed by atoms with van der Waals surface area (Å²) in [5.74, 6) is 2.42. The van der Waals surface area contributed by atoms with Gasteiger partial charge in [-0.15, -0.1) is 0 Å². The molecule has 0 aliphatic carbocycles. The summed E-state index contributed by atoms with van der Waals surface area (Å²) in [5.41, 5.74) is 8.43. The Morgan fingerprint density at radius 1 is 1.25 bits per heavy atom. The van der Waals surface area contributed by atoms with Crippen LogP contribution < -0.4 is 11.1 Å². The molecular weight excluding hydrogens is 252 g/mol. The van der Waals surface area contributed by atoms with Crippen LogP contribution in [0.25, 0.3) is 11.0 Å². The van der Waals surface area contributed by atoms with Crippen molar-refractivity contribution in [1.82, 2.24) is 19.9 Å². The van der Waals surface area contributed by atoms with Crippen LogP contribution in [-0.2, 0) is 6.42 Å². The number of imidazole rings is 1. The monoisotopic (exact) mass is 268 g/mol. The first-order valence-corrected chi connectivity index (χ1v) is 6.50. The van der Waals surface area contributed by atoms with Gasteiger partial charge >= 0.3 is 0 Å². The first kappa shape index (κ1) is 12.6. The molecule has 0 spiro atoms. The van der Waals surface area contributed by atoms with Crippen molar-refractivity contribution < 1.29 is 0 Å². The Morgan fingerprint density at radius 3 is 3.00 bits per heavy atom. The average molecular weight is 268 g/mol. The molecule has 0 atom stereocenters. The number of H-pyrrole nitrogens is 1. The van der Waals surface area contributed by atoms with E-state index in [4.69, 9.17) is 5.73 Å². The molecule has 0 saturated heterocycles. The Morgan fingerprint density at radius 2 is 2.15 bits per heavy atom. The standard InChI is InChI=1S/C14H16N6/c1-9-17-11-3-2-10(8-12(11)18-9)19-14-5-7-16-13(20-14)4-6-15/h2-3,5,7-8H,4,6,15H2,1H3,(H,17,18)(H,16,19,20). The van der Waals surface area contributed by atoms with Crippen LogP contribution in [0.2, 0.25) is 0 Å². The summed E-state index contributed by atoms with van der Waals surface area (Å²) in [7, 11) is 0. The van der Waals surface area contributed by atoms with Crippen LogP contribution in [0.1, 0.15) is 11.6 Å². The zero-order chi connectivity index (χ0) is 13.9. The molecule has 1 aromatic carbocycles. The van der Waals surface area contributed by atoms with Gasteiger partial charge in [-0.05, 0) is 37.7 Å². The minimum Gasteiger partial charge on any atom is -0.342 e. The Bertz CT molecular complexity index is 733. The van der Waals surface area contributed by atoms with Crippen molar-refractivity contribution >= 4 is 22.5 Å². The van der Waals surface area contributed by atoms with Crippen molar-refractivity contribution in [3.05, 3.63) is 42.1 Å². The Kier molecular flexibility index (Phi) is 3.30. The summed E-state index contributed by atoms with van der Waals surface area (Å²) >= 11 is 0. The predicted octanol–water partition coefficient (Wildman–Crippen LogP) is 1.91. The van der Waals surface area contributed by atoms with Crippen LogP contribution in [0.5, 0.6) is 0 Å². The quantitative estimate of drug-likeness (QED) is 0.672. The zero-order valence-corrected chi connectivity index (χ0v) is 11.2. The minimum absolute atomic E-state index is 0.544. The molecule has 0 saturated carbocycles. The van der Waals surface area contributed by atoms with Gasteiger partial charge in [-0.2, -0.15) is 0 Å². The molecule has 6 heteroatoms. The number of aryl methyl sites for hydroxylation is 1. The van der Waals surface area contributed by atoms with Crippen LogP contribution in [-0.4, -0.2) is 26.5 Å². The van der Waals surface area contributed by atoms with Gasteiger partial charge in [0.25, 0.3) is 0 Å². The van der Waals surface area contributed by atoms with Crippen LogP contribution in [0.3, 0.4) is 0 Å². The second-order valence-electron chi connectivity index (χ2n) is 4.58. The van der Waals surface area contributed by atoms with Crippen LogP contribution >= 0.6 is 0 Å². The lowest BCUT2D eigenvalue weighted by molar-refractivity contribution is 0.870. The number of anilines is 2. The first-order valence-electron chi connectivity index (χ1n) is 6.50. The van der Waals surface area contributed by atoms with E-state index in [1.54, 1.807) is 6.20 Å². The zero-order valence-electron chi connectivity index (χ0n) is 11.2. The fourth-order valence-electron chi connectivity index (χ4n) is 2.08. The van der Waals surface area contributed by atoms with Gasteiger partial charge in [0.1, 0.15) is 17.5 Å². The lowest BCUT2D eigenvalue weighted by Gasteiger charge is -2.06. The van der Waals surface area contributed by atoms with Crippen molar-refractivity contribution in [2.24, 2.45) is 5.73 Å². The van der Waals surface area contributed by atoms with E-state index < -0.39 is 0 Å². The molecule has 0 aliphatic rings. The van der Waals surface area contributed by atoms with Gasteiger partial charge in [0.15, 0.2) is 0 Å². The minimum atomic E-state index is 0.544. The highest BCUT2D eigenvalue weighted by Crippen LogP contribution is 2.20. The third kappa shape index (κ3) is 2.60. The first-order chi connectivity index (χ1) is 9.74. The summed E-state index contributed by atoms with van der Waals surface area (Å²) in [6.45, 7) is 2.49. The van der Waals surface area contributed by atoms with Gasteiger partial charge in [0, 0.05) is 18.3 Å². The molecule has 0 bridgehead atoms. The molecule has 102 valence electrons. The molecule has 20 heavy (non-hydrogen) atoms. The Labute approximate surface area is 116 Å². The highest BCUT2D eigenvalue weighted by atomic mass is 15.0. The topological polar surface area (TPSA) is 92.5 Å². The van der Waals surface area contributed by atoms with Gasteiger partial charge in [0.2, 0.25) is 0 Å². The second kappa shape index (κ2) is 5.26. The molecule has 3 aromatic rings. The number of aromatic nitrogens is 4. The smallest absolute Gasteiger partial charge is 0.134 e. The molecule has 6 nitrogen and oxygen atoms in total. The van der Waals surface area contributed by atoms with E-state index in [9.17, 15) is 0 Å². The van der Waals surface area contributed by atoms with Crippen molar-refractivity contribution in [3.63, 3.8) is 0 Å². The molecule has 0 amide bonds. The molecule has 0 fully saturated rings. The highest BCUT2D eigenvalue weighted by molar-refractivity contribution is 5.80. The number of aromatic amines is 1. The third-order valence-corrected chi connectivity index (χ3v) is 2.95. The summed E-state index contributed by atoms with van der Waals surface area (Å²) in [5, 5.41) is 3.26. The summed E-state index contributed by atoms with van der Waals surface area (Å²) in [6, 6.07) is 7.80. The Hall–Kier alpha value is -2.47. The SMILES string of the molecule is Cc1nc2ccc(Nc3ccnc(CCN)n3)cc2[nH]1. The van der Waals surface area contributed by atoms with Crippen LogP contribution in [0, 0.1) is 6.92 Å². The molecule has 4 N–H and O–H groups in total. The number of hydrogen-bond donors (Lipinski definition) is 3. The number of fused-ring (bicyclic) bond motifs is 1. The fourth-order valence-corrected chi connectivity index (χ4v) is 2.08. The van der Waals surface area contributed by atoms with E-state index in [0.717, 1.165) is 34.2 Å². The van der Waals surface area contributed by atoms with Gasteiger partial charge in [-0.1, -0.05) is 0 Å². The lowest BCUT2D eigenvalue weighted by atomic mass is 10.2. The predicted molar refractivity (Wildman–Crippen MR) is 78.9 cm³/mol. The second-order valence-corrected chi connectivity index (χ2v) is 4.58. The maximum absolute atomic E-state index is 5.52. The number of rotatable bonds is 4. The average Bonchev–Trinajstić information content (AvgIpc) is 2.79. The third-order valence-electron chi connectivity index (χ3n) is 2.95. The lowest BCUT2D eigenvalue weighted by Crippen LogP contribution is -2.07. The van der Waals surface area contributed by atoms with E-state index in [2.05, 4.69) is 25.3 Å². The van der Waals surface area contributed by atoms with E-state index >= 15 is 0 Å². The summed E-state index contributed by atoms with van der Waals surface area (Å²) < 4.78 is 0. The van der Waals surface area contributed by atoms with E-state index in [1.165, 1.54) is 0 Å². The van der Waals surface area contributed by atoms with Crippen molar-refractivity contribution in [2.75, 3.05) is 11.9 Å². The summed E-state index contributed by atoms with van der Waals surface area (Å²) in [4.78, 5) is 16.2. The number of nitrogens with zero attached hydrogens (tertiary/aromatic N) is 3. The van der Waals surface area contributed by atoms with Crippen LogP contribution in [0.4, 0.5) is 11.5 Å². The number of hydrogen-bond acceptors (Lipinski definition) is 5. The van der Waals surface area contributed by atoms with Crippen LogP contribution in [0.15, 0.2) is 30.5 Å². The molecule has 2 aromatic heterocycles. The Balaban J connectivity index is 1.86. The number of benzene rings is 1. The molecule has 0 aliphatic heterocycles. The van der Waals surface area contributed by atoms with Gasteiger partial charge in [-0.25, -0.2) is 15.0 Å². The number of nitrogens with one attached hydrogen (secondary N) is 2. The molecule has 0 unspecified atom stereocenters. The normalized spacial score (nSPS) is 10.9. The summed E-state index contributed by atoms with van der Waals surface area (Å²) in [6.07, 6.45) is 2.41. The van der Waals surface area contributed by atoms with Gasteiger partial charge < -0.3 is 16.0 Å². The largest absolute Gasteiger partial charge is 0.342 e. The van der Waals surface area contributed by atoms with E-state index in [1.807, 2.05) is 31.2 Å². The van der Waals surface area contributed by atoms with E-state index in [0.29, 0.717) is 13.0 Å². The van der Waals surface area contributed by atoms with Crippen molar-refractivity contribution in [2.45, 2.75) is 13.3 Å².